The molecule has 0 radical (unpaired) electrons. The van der Waals surface area contributed by atoms with Gasteiger partial charge >= 0.3 is 5.97 Å². The first kappa shape index (κ1) is 18.9. The largest absolute Gasteiger partial charge is 0.512 e. The fourth-order valence-electron chi connectivity index (χ4n) is 2.90. The second-order valence-corrected chi connectivity index (χ2v) is 6.60. The van der Waals surface area contributed by atoms with Crippen molar-refractivity contribution in [3.63, 3.8) is 0 Å². The molecule has 1 aliphatic carbocycles. The van der Waals surface area contributed by atoms with Gasteiger partial charge in [-0.3, -0.25) is 4.79 Å². The van der Waals surface area contributed by atoms with Crippen molar-refractivity contribution >= 4 is 5.97 Å². The van der Waals surface area contributed by atoms with Crippen LogP contribution in [0.4, 0.5) is 0 Å². The molecule has 4 atom stereocenters. The lowest BCUT2D eigenvalue weighted by Crippen LogP contribution is -2.28. The van der Waals surface area contributed by atoms with Crippen molar-refractivity contribution in [2.75, 3.05) is 6.61 Å². The van der Waals surface area contributed by atoms with Crippen LogP contribution in [0.3, 0.4) is 0 Å². The highest BCUT2D eigenvalue weighted by atomic mass is 16.5. The van der Waals surface area contributed by atoms with Crippen LogP contribution in [-0.2, 0) is 9.53 Å². The Morgan fingerprint density at radius 3 is 2.45 bits per heavy atom. The Kier molecular flexibility index (Phi) is 6.84. The van der Waals surface area contributed by atoms with Crippen LogP contribution in [0.15, 0.2) is 11.8 Å². The number of hydrogen-bond donors (Lipinski definition) is 4. The monoisotopic (exact) mass is 316 g/mol. The highest BCUT2D eigenvalue weighted by Gasteiger charge is 2.44. The molecule has 1 fully saturated rings. The van der Waals surface area contributed by atoms with Crippen LogP contribution in [0.1, 0.15) is 46.5 Å². The average molecular weight is 316 g/mol. The molecule has 0 aromatic carbocycles. The topological polar surface area (TPSA) is 107 Å². The van der Waals surface area contributed by atoms with Gasteiger partial charge in [0.2, 0.25) is 0 Å². The lowest BCUT2D eigenvalue weighted by Gasteiger charge is -2.25. The summed E-state index contributed by atoms with van der Waals surface area (Å²) in [7, 11) is 0. The predicted molar refractivity (Wildman–Crippen MR) is 81.5 cm³/mol. The van der Waals surface area contributed by atoms with Crippen LogP contribution in [0.5, 0.6) is 0 Å². The molecule has 0 aliphatic heterocycles. The molecule has 0 saturated heterocycles. The normalized spacial score (nSPS) is 29.8. The fraction of sp³-hybridized carbons (Fsp3) is 0.812. The summed E-state index contributed by atoms with van der Waals surface area (Å²) in [6.07, 6.45) is 0.848. The maximum atomic E-state index is 10.9. The zero-order valence-corrected chi connectivity index (χ0v) is 13.5. The minimum Gasteiger partial charge on any atom is -0.512 e. The summed E-state index contributed by atoms with van der Waals surface area (Å²) in [6, 6.07) is 0. The maximum Gasteiger partial charge on any atom is 0.303 e. The first-order valence-electron chi connectivity index (χ1n) is 7.79. The number of rotatable bonds is 8. The second kappa shape index (κ2) is 7.94. The second-order valence-electron chi connectivity index (χ2n) is 6.60. The molecule has 0 heterocycles. The van der Waals surface area contributed by atoms with Gasteiger partial charge < -0.3 is 25.2 Å². The lowest BCUT2D eigenvalue weighted by atomic mass is 9.88. The maximum absolute atomic E-state index is 10.9. The van der Waals surface area contributed by atoms with E-state index in [9.17, 15) is 20.1 Å². The first-order valence-corrected chi connectivity index (χ1v) is 7.79. The number of hydrogen-bond acceptors (Lipinski definition) is 5. The van der Waals surface area contributed by atoms with E-state index in [1.165, 1.54) is 0 Å². The molecular weight excluding hydrogens is 288 g/mol. The van der Waals surface area contributed by atoms with E-state index in [4.69, 9.17) is 9.84 Å². The highest BCUT2D eigenvalue weighted by Crippen LogP contribution is 2.39. The Balaban J connectivity index is 2.77. The summed E-state index contributed by atoms with van der Waals surface area (Å²) in [5.41, 5.74) is -0.450. The fourth-order valence-corrected chi connectivity index (χ4v) is 2.90. The van der Waals surface area contributed by atoms with Gasteiger partial charge in [0.15, 0.2) is 0 Å². The molecule has 0 aromatic rings. The van der Waals surface area contributed by atoms with Crippen molar-refractivity contribution < 1.29 is 30.0 Å². The molecule has 0 amide bonds. The van der Waals surface area contributed by atoms with Crippen molar-refractivity contribution in [2.24, 2.45) is 11.8 Å². The van der Waals surface area contributed by atoms with Gasteiger partial charge in [-0.2, -0.15) is 0 Å². The van der Waals surface area contributed by atoms with Crippen LogP contribution in [0, 0.1) is 11.8 Å². The summed E-state index contributed by atoms with van der Waals surface area (Å²) in [6.45, 7) is 6.44. The van der Waals surface area contributed by atoms with Crippen molar-refractivity contribution in [2.45, 2.75) is 64.3 Å². The minimum absolute atomic E-state index is 0.0662. The van der Waals surface area contributed by atoms with Gasteiger partial charge in [-0.15, -0.1) is 0 Å². The third-order valence-electron chi connectivity index (χ3n) is 4.10. The molecule has 0 aromatic heterocycles. The SMILES string of the molecule is CCCOC(C)(C)CC=C(O)[C@@H]1[C@@H](CC(=O)O)[C@@H](O)C[C@H]1O. The Hall–Kier alpha value is -1.11. The van der Waals surface area contributed by atoms with E-state index in [2.05, 4.69) is 0 Å². The molecule has 4 N–H and O–H groups in total. The zero-order chi connectivity index (χ0) is 16.9. The van der Waals surface area contributed by atoms with Gasteiger partial charge in [0, 0.05) is 24.9 Å². The van der Waals surface area contributed by atoms with Crippen molar-refractivity contribution in [1.29, 1.82) is 0 Å². The molecule has 1 rings (SSSR count). The Morgan fingerprint density at radius 2 is 1.91 bits per heavy atom. The number of carbonyl (C=O) groups is 1. The van der Waals surface area contributed by atoms with Gasteiger partial charge in [0.25, 0.3) is 0 Å². The van der Waals surface area contributed by atoms with Gasteiger partial charge in [-0.1, -0.05) is 6.92 Å². The summed E-state index contributed by atoms with van der Waals surface area (Å²) in [4.78, 5) is 10.9. The quantitative estimate of drug-likeness (QED) is 0.509. The number of carboxylic acid groups (broad SMARTS) is 1. The Labute approximate surface area is 131 Å². The summed E-state index contributed by atoms with van der Waals surface area (Å²) in [5, 5.41) is 39.1. The van der Waals surface area contributed by atoms with Gasteiger partial charge in [-0.25, -0.2) is 0 Å². The van der Waals surface area contributed by atoms with Crippen LogP contribution in [-0.4, -0.2) is 50.8 Å². The highest BCUT2D eigenvalue weighted by molar-refractivity contribution is 5.67. The van der Waals surface area contributed by atoms with E-state index in [1.807, 2.05) is 20.8 Å². The minimum atomic E-state index is -1.05. The van der Waals surface area contributed by atoms with E-state index >= 15 is 0 Å². The summed E-state index contributed by atoms with van der Waals surface area (Å²) in [5.74, 6) is -2.54. The average Bonchev–Trinajstić information content (AvgIpc) is 2.68. The molecule has 128 valence electrons. The molecule has 0 bridgehead atoms. The number of aliphatic hydroxyl groups is 3. The molecule has 6 nitrogen and oxygen atoms in total. The van der Waals surface area contributed by atoms with Crippen LogP contribution >= 0.6 is 0 Å². The zero-order valence-electron chi connectivity index (χ0n) is 13.5. The molecular formula is C16H28O6. The third-order valence-corrected chi connectivity index (χ3v) is 4.10. The van der Waals surface area contributed by atoms with E-state index in [-0.39, 0.29) is 18.6 Å². The molecule has 22 heavy (non-hydrogen) atoms. The predicted octanol–water partition coefficient (Wildman–Crippen LogP) is 1.86. The first-order chi connectivity index (χ1) is 10.2. The Bertz CT molecular complexity index is 403. The van der Waals surface area contributed by atoms with Crippen molar-refractivity contribution in [3.8, 4) is 0 Å². The number of carboxylic acids is 1. The lowest BCUT2D eigenvalue weighted by molar-refractivity contribution is -0.139. The van der Waals surface area contributed by atoms with E-state index in [1.54, 1.807) is 6.08 Å². The van der Waals surface area contributed by atoms with Gasteiger partial charge in [0.1, 0.15) is 0 Å². The molecule has 0 spiro atoms. The standard InChI is InChI=1S/C16H28O6/c1-4-7-22-16(2,3)6-5-11(17)15-10(8-14(20)21)12(18)9-13(15)19/h5,10,12-13,15,17-19H,4,6-9H2,1-3H3,(H,20,21)/t10-,12-,13+,15-/m0/s1. The smallest absolute Gasteiger partial charge is 0.303 e. The summed E-state index contributed by atoms with van der Waals surface area (Å²) < 4.78 is 5.67. The number of aliphatic hydroxyl groups excluding tert-OH is 3. The number of aliphatic carboxylic acids is 1. The number of ether oxygens (including phenoxy) is 1. The van der Waals surface area contributed by atoms with Crippen molar-refractivity contribution in [1.82, 2.24) is 0 Å². The Morgan fingerprint density at radius 1 is 1.27 bits per heavy atom. The van der Waals surface area contributed by atoms with Gasteiger partial charge in [0.05, 0.1) is 30.0 Å². The van der Waals surface area contributed by atoms with E-state index in [0.29, 0.717) is 13.0 Å². The third kappa shape index (κ3) is 5.26. The van der Waals surface area contributed by atoms with Crippen LogP contribution in [0.25, 0.3) is 0 Å². The van der Waals surface area contributed by atoms with Crippen molar-refractivity contribution in [3.05, 3.63) is 11.8 Å². The van der Waals surface area contributed by atoms with E-state index < -0.39 is 35.6 Å². The van der Waals surface area contributed by atoms with Crippen LogP contribution < -0.4 is 0 Å². The van der Waals surface area contributed by atoms with Crippen LogP contribution in [0.2, 0.25) is 0 Å². The molecule has 1 saturated carbocycles. The summed E-state index contributed by atoms with van der Waals surface area (Å²) >= 11 is 0. The molecule has 0 unspecified atom stereocenters. The van der Waals surface area contributed by atoms with Gasteiger partial charge in [-0.05, 0) is 32.8 Å². The molecule has 6 heteroatoms. The molecule has 1 aliphatic rings. The van der Waals surface area contributed by atoms with E-state index in [0.717, 1.165) is 6.42 Å².